The summed E-state index contributed by atoms with van der Waals surface area (Å²) < 4.78 is 57.0. The lowest BCUT2D eigenvalue weighted by Crippen LogP contribution is -2.33. The smallest absolute Gasteiger partial charge is 0.237 e. The summed E-state index contributed by atoms with van der Waals surface area (Å²) in [6.45, 7) is 10.1. The Balaban J connectivity index is 1.54. The molecule has 0 radical (unpaired) electrons. The number of rotatable bonds is 7. The molecule has 4 rings (SSSR count). The summed E-state index contributed by atoms with van der Waals surface area (Å²) in [5.74, 6) is -0.682. The van der Waals surface area contributed by atoms with Crippen LogP contribution in [0.2, 0.25) is 0 Å². The van der Waals surface area contributed by atoms with Crippen LogP contribution in [0.4, 0.5) is 37.6 Å². The van der Waals surface area contributed by atoms with Crippen LogP contribution in [0.15, 0.2) is 36.5 Å². The van der Waals surface area contributed by atoms with Crippen LogP contribution in [0.3, 0.4) is 0 Å². The van der Waals surface area contributed by atoms with Crippen LogP contribution in [0, 0.1) is 25.5 Å². The molecule has 39 heavy (non-hydrogen) atoms. The van der Waals surface area contributed by atoms with E-state index in [-0.39, 0.29) is 23.1 Å². The molecule has 1 saturated heterocycles. The SMILES string of the molecule is Cc1ccc(Nc2nc(Nc3cc(F)c(C4CCN(C)CC4)c(F)c3)ncc2C)cc1NS(=O)(=O)C(C)(C)C. The van der Waals surface area contributed by atoms with Gasteiger partial charge in [-0.05, 0) is 103 Å². The van der Waals surface area contributed by atoms with Gasteiger partial charge in [0.15, 0.2) is 0 Å². The Kier molecular flexibility index (Phi) is 8.13. The molecule has 2 aromatic carbocycles. The maximum atomic E-state index is 15.0. The average molecular weight is 559 g/mol. The quantitative estimate of drug-likeness (QED) is 0.317. The first kappa shape index (κ1) is 28.7. The van der Waals surface area contributed by atoms with Crippen molar-refractivity contribution in [3.63, 3.8) is 0 Å². The number of sulfonamides is 1. The van der Waals surface area contributed by atoms with Crippen LogP contribution in [-0.4, -0.2) is 48.2 Å². The molecule has 2 heterocycles. The van der Waals surface area contributed by atoms with Crippen molar-refractivity contribution < 1.29 is 17.2 Å². The molecule has 3 N–H and O–H groups in total. The number of halogens is 2. The van der Waals surface area contributed by atoms with Crippen molar-refractivity contribution in [1.82, 2.24) is 14.9 Å². The van der Waals surface area contributed by atoms with E-state index in [0.29, 0.717) is 30.0 Å². The molecule has 210 valence electrons. The average Bonchev–Trinajstić information content (AvgIpc) is 2.83. The van der Waals surface area contributed by atoms with Crippen LogP contribution in [0.1, 0.15) is 56.2 Å². The monoisotopic (exact) mass is 558 g/mol. The molecule has 1 aliphatic rings. The summed E-state index contributed by atoms with van der Waals surface area (Å²) >= 11 is 0. The maximum Gasteiger partial charge on any atom is 0.237 e. The highest BCUT2D eigenvalue weighted by Gasteiger charge is 2.29. The minimum absolute atomic E-state index is 0.137. The van der Waals surface area contributed by atoms with E-state index in [1.807, 2.05) is 27.0 Å². The number of nitrogens with one attached hydrogen (secondary N) is 3. The van der Waals surface area contributed by atoms with E-state index in [2.05, 4.69) is 30.2 Å². The van der Waals surface area contributed by atoms with Crippen LogP contribution in [0.5, 0.6) is 0 Å². The number of benzene rings is 2. The van der Waals surface area contributed by atoms with Gasteiger partial charge >= 0.3 is 0 Å². The summed E-state index contributed by atoms with van der Waals surface area (Å²) in [6, 6.07) is 7.86. The Morgan fingerprint density at radius 2 is 1.59 bits per heavy atom. The van der Waals surface area contributed by atoms with Crippen LogP contribution < -0.4 is 15.4 Å². The van der Waals surface area contributed by atoms with Crippen LogP contribution >= 0.6 is 0 Å². The molecule has 11 heteroatoms. The fourth-order valence-electron chi connectivity index (χ4n) is 4.35. The molecule has 1 fully saturated rings. The third kappa shape index (κ3) is 6.65. The number of hydrogen-bond acceptors (Lipinski definition) is 7. The van der Waals surface area contributed by atoms with Crippen molar-refractivity contribution in [3.8, 4) is 0 Å². The normalized spacial score (nSPS) is 15.3. The molecular weight excluding hydrogens is 522 g/mol. The molecule has 0 amide bonds. The number of anilines is 5. The second kappa shape index (κ2) is 11.1. The Labute approximate surface area is 229 Å². The van der Waals surface area contributed by atoms with E-state index < -0.39 is 26.4 Å². The first-order valence-electron chi connectivity index (χ1n) is 12.9. The molecule has 3 aromatic rings. The van der Waals surface area contributed by atoms with Gasteiger partial charge in [0.25, 0.3) is 0 Å². The lowest BCUT2D eigenvalue weighted by atomic mass is 9.88. The molecular formula is C28H36F2N6O2S. The Morgan fingerprint density at radius 1 is 0.949 bits per heavy atom. The van der Waals surface area contributed by atoms with Gasteiger partial charge in [0.05, 0.1) is 10.4 Å². The number of likely N-dealkylation sites (tertiary alicyclic amines) is 1. The van der Waals surface area contributed by atoms with Crippen LogP contribution in [-0.2, 0) is 10.0 Å². The van der Waals surface area contributed by atoms with Gasteiger partial charge in [-0.2, -0.15) is 4.98 Å². The fourth-order valence-corrected chi connectivity index (χ4v) is 5.16. The molecule has 8 nitrogen and oxygen atoms in total. The molecule has 1 aromatic heterocycles. The molecule has 0 atom stereocenters. The number of aromatic nitrogens is 2. The minimum atomic E-state index is -3.61. The number of aryl methyl sites for hydroxylation is 2. The van der Waals surface area contributed by atoms with Gasteiger partial charge in [0, 0.05) is 28.7 Å². The van der Waals surface area contributed by atoms with Crippen molar-refractivity contribution in [2.75, 3.05) is 35.5 Å². The lowest BCUT2D eigenvalue weighted by molar-refractivity contribution is 0.250. The van der Waals surface area contributed by atoms with E-state index in [4.69, 9.17) is 0 Å². The summed E-state index contributed by atoms with van der Waals surface area (Å²) in [6.07, 6.45) is 3.02. The molecule has 0 bridgehead atoms. The predicted molar refractivity (Wildman–Crippen MR) is 153 cm³/mol. The standard InChI is InChI=1S/C28H36F2N6O2S/c1-17-7-8-20(15-24(17)35-39(37,38)28(3,4)5)32-26-18(2)16-31-27(34-26)33-21-13-22(29)25(23(30)14-21)19-9-11-36(6)12-10-19/h7-8,13-16,19,35H,9-12H2,1-6H3,(H2,31,32,33,34). The highest BCUT2D eigenvalue weighted by molar-refractivity contribution is 7.94. The number of piperidine rings is 1. The van der Waals surface area contributed by atoms with E-state index >= 15 is 0 Å². The van der Waals surface area contributed by atoms with E-state index in [0.717, 1.165) is 24.2 Å². The summed E-state index contributed by atoms with van der Waals surface area (Å²) in [4.78, 5) is 10.9. The zero-order valence-electron chi connectivity index (χ0n) is 23.2. The van der Waals surface area contributed by atoms with Crippen molar-refractivity contribution >= 4 is 38.9 Å². The van der Waals surface area contributed by atoms with Crippen molar-refractivity contribution in [1.29, 1.82) is 0 Å². The first-order chi connectivity index (χ1) is 18.2. The van der Waals surface area contributed by atoms with Gasteiger partial charge < -0.3 is 15.5 Å². The van der Waals surface area contributed by atoms with Gasteiger partial charge in [0.2, 0.25) is 16.0 Å². The second-order valence-electron chi connectivity index (χ2n) is 11.2. The van der Waals surface area contributed by atoms with Gasteiger partial charge in [-0.15, -0.1) is 0 Å². The largest absolute Gasteiger partial charge is 0.340 e. The third-order valence-corrected chi connectivity index (χ3v) is 9.09. The van der Waals surface area contributed by atoms with E-state index in [1.54, 1.807) is 39.1 Å². The van der Waals surface area contributed by atoms with Crippen molar-refractivity contribution in [2.24, 2.45) is 0 Å². The third-order valence-electron chi connectivity index (χ3n) is 6.98. The lowest BCUT2D eigenvalue weighted by Gasteiger charge is -2.29. The molecule has 0 aliphatic carbocycles. The summed E-state index contributed by atoms with van der Waals surface area (Å²) in [5, 5.41) is 6.09. The minimum Gasteiger partial charge on any atom is -0.340 e. The topological polar surface area (TPSA) is 99.2 Å². The zero-order valence-corrected chi connectivity index (χ0v) is 24.0. The van der Waals surface area contributed by atoms with Gasteiger partial charge in [-0.1, -0.05) is 6.07 Å². The zero-order chi connectivity index (χ0) is 28.5. The fraction of sp³-hybridized carbons (Fsp3) is 0.429. The molecule has 0 spiro atoms. The Morgan fingerprint density at radius 3 is 2.21 bits per heavy atom. The highest BCUT2D eigenvalue weighted by Crippen LogP contribution is 2.34. The first-order valence-corrected chi connectivity index (χ1v) is 14.4. The van der Waals surface area contributed by atoms with Gasteiger partial charge in [0.1, 0.15) is 17.5 Å². The van der Waals surface area contributed by atoms with Crippen LogP contribution in [0.25, 0.3) is 0 Å². The number of hydrogen-bond donors (Lipinski definition) is 3. The molecule has 1 aliphatic heterocycles. The second-order valence-corrected chi connectivity index (χ2v) is 13.6. The summed E-state index contributed by atoms with van der Waals surface area (Å²) in [5.41, 5.74) is 2.91. The van der Waals surface area contributed by atoms with E-state index in [1.165, 1.54) is 12.1 Å². The van der Waals surface area contributed by atoms with E-state index in [9.17, 15) is 17.2 Å². The molecule has 0 unspecified atom stereocenters. The van der Waals surface area contributed by atoms with Gasteiger partial charge in [-0.25, -0.2) is 22.2 Å². The van der Waals surface area contributed by atoms with Crippen molar-refractivity contribution in [3.05, 3.63) is 64.9 Å². The number of nitrogens with zero attached hydrogens (tertiary/aromatic N) is 3. The Bertz CT molecular complexity index is 1440. The Hall–Kier alpha value is -3.31. The molecule has 0 saturated carbocycles. The van der Waals surface area contributed by atoms with Gasteiger partial charge in [-0.3, -0.25) is 4.72 Å². The summed E-state index contributed by atoms with van der Waals surface area (Å²) in [7, 11) is -1.60. The predicted octanol–water partition coefficient (Wildman–Crippen LogP) is 6.21. The maximum absolute atomic E-state index is 15.0. The highest BCUT2D eigenvalue weighted by atomic mass is 32.2. The van der Waals surface area contributed by atoms with Crippen molar-refractivity contribution in [2.45, 2.75) is 58.1 Å².